The van der Waals surface area contributed by atoms with Crippen LogP contribution in [0.25, 0.3) is 0 Å². The molecule has 2 fully saturated rings. The minimum atomic E-state index is -0.0493. The van der Waals surface area contributed by atoms with E-state index in [4.69, 9.17) is 15.0 Å². The largest absolute Gasteiger partial charge is 0.364 e. The average molecular weight is 293 g/mol. The molecule has 1 aliphatic heterocycles. The Bertz CT molecular complexity index is 452. The van der Waals surface area contributed by atoms with E-state index in [0.717, 1.165) is 30.5 Å². The molecule has 1 saturated carbocycles. The van der Waals surface area contributed by atoms with Crippen molar-refractivity contribution in [3.63, 3.8) is 0 Å². The Labute approximate surface area is 126 Å². The van der Waals surface area contributed by atoms with Crippen LogP contribution in [0, 0.1) is 11.8 Å². The Morgan fingerprint density at radius 3 is 2.52 bits per heavy atom. The van der Waals surface area contributed by atoms with E-state index in [-0.39, 0.29) is 12.2 Å². The molecule has 2 heterocycles. The highest BCUT2D eigenvalue weighted by atomic mass is 16.5. The van der Waals surface area contributed by atoms with Gasteiger partial charge in [0, 0.05) is 12.5 Å². The maximum absolute atomic E-state index is 5.82. The fraction of sp³-hybridized carbons (Fsp3) is 0.875. The third-order valence-corrected chi connectivity index (χ3v) is 5.18. The van der Waals surface area contributed by atoms with Crippen LogP contribution >= 0.6 is 0 Å². The van der Waals surface area contributed by atoms with E-state index >= 15 is 0 Å². The molecule has 2 atom stereocenters. The Morgan fingerprint density at radius 2 is 1.90 bits per heavy atom. The Balaban J connectivity index is 1.58. The zero-order chi connectivity index (χ0) is 14.8. The lowest BCUT2D eigenvalue weighted by Gasteiger charge is -2.29. The average Bonchev–Trinajstić information content (AvgIpc) is 3.16. The maximum Gasteiger partial charge on any atom is 0.255 e. The Kier molecular flexibility index (Phi) is 4.60. The van der Waals surface area contributed by atoms with Crippen molar-refractivity contribution in [2.45, 2.75) is 70.5 Å². The van der Waals surface area contributed by atoms with Crippen LogP contribution in [-0.4, -0.2) is 22.8 Å². The van der Waals surface area contributed by atoms with Gasteiger partial charge in [0.15, 0.2) is 5.82 Å². The fourth-order valence-corrected chi connectivity index (χ4v) is 3.65. The number of ether oxygens (including phenoxy) is 1. The van der Waals surface area contributed by atoms with E-state index in [9.17, 15) is 0 Å². The third kappa shape index (κ3) is 3.29. The summed E-state index contributed by atoms with van der Waals surface area (Å²) in [4.78, 5) is 4.61. The van der Waals surface area contributed by atoms with Crippen molar-refractivity contribution >= 4 is 0 Å². The van der Waals surface area contributed by atoms with Gasteiger partial charge in [0.25, 0.3) is 5.89 Å². The molecule has 2 unspecified atom stereocenters. The smallest absolute Gasteiger partial charge is 0.255 e. The van der Waals surface area contributed by atoms with Crippen LogP contribution in [0.4, 0.5) is 0 Å². The summed E-state index contributed by atoms with van der Waals surface area (Å²) in [6, 6.07) is 0. The standard InChI is InChI=1S/C16H27N3O2/c1-10(2)11-3-5-12(6-4-11)15-18-16(21-19-15)14-8-7-13(9-17)20-14/h10-14H,3-9,17H2,1-2H3. The molecular formula is C16H27N3O2. The highest BCUT2D eigenvalue weighted by Gasteiger charge is 2.32. The second kappa shape index (κ2) is 6.44. The first-order valence-electron chi connectivity index (χ1n) is 8.36. The minimum absolute atomic E-state index is 0.0493. The van der Waals surface area contributed by atoms with Crippen LogP contribution < -0.4 is 5.73 Å². The van der Waals surface area contributed by atoms with E-state index in [1.54, 1.807) is 0 Å². The van der Waals surface area contributed by atoms with Gasteiger partial charge in [0.05, 0.1) is 6.10 Å². The predicted molar refractivity (Wildman–Crippen MR) is 79.7 cm³/mol. The van der Waals surface area contributed by atoms with Crippen molar-refractivity contribution in [2.75, 3.05) is 6.54 Å². The van der Waals surface area contributed by atoms with Gasteiger partial charge in [-0.05, 0) is 50.4 Å². The zero-order valence-electron chi connectivity index (χ0n) is 13.1. The number of nitrogens with zero attached hydrogens (tertiary/aromatic N) is 2. The quantitative estimate of drug-likeness (QED) is 0.923. The molecule has 0 spiro atoms. The second-order valence-corrected chi connectivity index (χ2v) is 6.91. The molecule has 0 bridgehead atoms. The van der Waals surface area contributed by atoms with E-state index in [2.05, 4.69) is 24.0 Å². The molecule has 1 aliphatic carbocycles. The number of aromatic nitrogens is 2. The summed E-state index contributed by atoms with van der Waals surface area (Å²) >= 11 is 0. The molecule has 2 aliphatic rings. The topological polar surface area (TPSA) is 74.2 Å². The van der Waals surface area contributed by atoms with E-state index < -0.39 is 0 Å². The summed E-state index contributed by atoms with van der Waals surface area (Å²) in [7, 11) is 0. The molecule has 1 saturated heterocycles. The zero-order valence-corrected chi connectivity index (χ0v) is 13.1. The third-order valence-electron chi connectivity index (χ3n) is 5.18. The molecule has 2 N–H and O–H groups in total. The number of hydrogen-bond acceptors (Lipinski definition) is 5. The van der Waals surface area contributed by atoms with Gasteiger partial charge in [-0.2, -0.15) is 4.98 Å². The first-order chi connectivity index (χ1) is 10.2. The van der Waals surface area contributed by atoms with Crippen molar-refractivity contribution in [3.8, 4) is 0 Å². The lowest BCUT2D eigenvalue weighted by atomic mass is 9.77. The second-order valence-electron chi connectivity index (χ2n) is 6.91. The molecule has 1 aromatic heterocycles. The molecule has 118 valence electrons. The maximum atomic E-state index is 5.82. The van der Waals surface area contributed by atoms with Crippen molar-refractivity contribution in [3.05, 3.63) is 11.7 Å². The minimum Gasteiger partial charge on any atom is -0.364 e. The molecular weight excluding hydrogens is 266 g/mol. The van der Waals surface area contributed by atoms with Crippen LogP contribution in [0.2, 0.25) is 0 Å². The van der Waals surface area contributed by atoms with Gasteiger partial charge >= 0.3 is 0 Å². The molecule has 0 radical (unpaired) electrons. The highest BCUT2D eigenvalue weighted by Crippen LogP contribution is 2.38. The first-order valence-corrected chi connectivity index (χ1v) is 8.36. The molecule has 0 amide bonds. The van der Waals surface area contributed by atoms with Crippen molar-refractivity contribution in [1.82, 2.24) is 10.1 Å². The van der Waals surface area contributed by atoms with Crippen molar-refractivity contribution in [2.24, 2.45) is 17.6 Å². The number of hydrogen-bond donors (Lipinski definition) is 1. The van der Waals surface area contributed by atoms with Crippen LogP contribution in [0.15, 0.2) is 4.52 Å². The van der Waals surface area contributed by atoms with Crippen molar-refractivity contribution < 1.29 is 9.26 Å². The van der Waals surface area contributed by atoms with E-state index in [0.29, 0.717) is 18.4 Å². The van der Waals surface area contributed by atoms with Crippen LogP contribution in [0.3, 0.4) is 0 Å². The van der Waals surface area contributed by atoms with E-state index in [1.165, 1.54) is 25.7 Å². The SMILES string of the molecule is CC(C)C1CCC(c2noc(C3CCC(CN)O3)n2)CC1. The van der Waals surface area contributed by atoms with E-state index in [1.807, 2.05) is 0 Å². The molecule has 5 nitrogen and oxygen atoms in total. The van der Waals surface area contributed by atoms with Gasteiger partial charge in [0.2, 0.25) is 0 Å². The summed E-state index contributed by atoms with van der Waals surface area (Å²) in [5.74, 6) is 3.63. The van der Waals surface area contributed by atoms with Gasteiger partial charge in [-0.3, -0.25) is 0 Å². The summed E-state index contributed by atoms with van der Waals surface area (Å²) in [5, 5.41) is 4.21. The van der Waals surface area contributed by atoms with Crippen LogP contribution in [0.1, 0.15) is 76.1 Å². The van der Waals surface area contributed by atoms with Gasteiger partial charge in [0.1, 0.15) is 6.10 Å². The number of rotatable bonds is 4. The summed E-state index contributed by atoms with van der Waals surface area (Å²) in [6.45, 7) is 5.21. The van der Waals surface area contributed by atoms with Crippen LogP contribution in [0.5, 0.6) is 0 Å². The van der Waals surface area contributed by atoms with Gasteiger partial charge < -0.3 is 15.0 Å². The molecule has 5 heteroatoms. The first kappa shape index (κ1) is 15.0. The van der Waals surface area contributed by atoms with Gasteiger partial charge in [-0.25, -0.2) is 0 Å². The lowest BCUT2D eigenvalue weighted by molar-refractivity contribution is 0.0307. The summed E-state index contributed by atoms with van der Waals surface area (Å²) in [5.41, 5.74) is 5.64. The molecule has 3 rings (SSSR count). The molecule has 0 aromatic carbocycles. The fourth-order valence-electron chi connectivity index (χ4n) is 3.65. The Hall–Kier alpha value is -0.940. The number of nitrogens with two attached hydrogens (primary N) is 1. The predicted octanol–water partition coefficient (Wildman–Crippen LogP) is 3.18. The lowest BCUT2D eigenvalue weighted by Crippen LogP contribution is -2.19. The monoisotopic (exact) mass is 293 g/mol. The van der Waals surface area contributed by atoms with Crippen molar-refractivity contribution in [1.29, 1.82) is 0 Å². The molecule has 21 heavy (non-hydrogen) atoms. The van der Waals surface area contributed by atoms with Gasteiger partial charge in [-0.15, -0.1) is 0 Å². The summed E-state index contributed by atoms with van der Waals surface area (Å²) < 4.78 is 11.3. The highest BCUT2D eigenvalue weighted by molar-refractivity contribution is 5.00. The normalized spacial score (nSPS) is 33.7. The van der Waals surface area contributed by atoms with Gasteiger partial charge in [-0.1, -0.05) is 19.0 Å². The Morgan fingerprint density at radius 1 is 1.14 bits per heavy atom. The molecule has 1 aromatic rings. The summed E-state index contributed by atoms with van der Waals surface area (Å²) in [6.07, 6.45) is 6.93. The van der Waals surface area contributed by atoms with Crippen LogP contribution in [-0.2, 0) is 4.74 Å².